The summed E-state index contributed by atoms with van der Waals surface area (Å²) in [6, 6.07) is 17.5. The van der Waals surface area contributed by atoms with E-state index in [9.17, 15) is 0 Å². The van der Waals surface area contributed by atoms with Crippen LogP contribution in [-0.2, 0) is 6.42 Å². The maximum Gasteiger partial charge on any atom is 0.0655 e. The van der Waals surface area contributed by atoms with Crippen molar-refractivity contribution in [2.75, 3.05) is 6.26 Å². The Labute approximate surface area is 128 Å². The summed E-state index contributed by atoms with van der Waals surface area (Å²) in [5, 5.41) is 0. The first-order valence-corrected chi connectivity index (χ1v) is 8.76. The molecule has 0 spiro atoms. The standard InChI is InChI=1S/C17H19BrS/c1-3-6-13-9-11-14(12-10-13)17(18)15-7-4-5-8-16(15)19-2/h4-5,7-12,17H,3,6H2,1-2H3. The summed E-state index contributed by atoms with van der Waals surface area (Å²) in [4.78, 5) is 1.61. The maximum atomic E-state index is 3.84. The maximum absolute atomic E-state index is 3.84. The Balaban J connectivity index is 2.25. The Morgan fingerprint density at radius 2 is 1.74 bits per heavy atom. The van der Waals surface area contributed by atoms with Crippen molar-refractivity contribution in [2.45, 2.75) is 29.5 Å². The van der Waals surface area contributed by atoms with Crippen LogP contribution in [0.1, 0.15) is 34.9 Å². The van der Waals surface area contributed by atoms with Gasteiger partial charge in [0.05, 0.1) is 4.83 Å². The van der Waals surface area contributed by atoms with Crippen molar-refractivity contribution < 1.29 is 0 Å². The van der Waals surface area contributed by atoms with Gasteiger partial charge in [-0.3, -0.25) is 0 Å². The second-order valence-electron chi connectivity index (χ2n) is 4.60. The van der Waals surface area contributed by atoms with Crippen LogP contribution < -0.4 is 0 Å². The third-order valence-corrected chi connectivity index (χ3v) is 5.06. The van der Waals surface area contributed by atoms with Crippen LogP contribution in [0.2, 0.25) is 0 Å². The van der Waals surface area contributed by atoms with Crippen LogP contribution in [0.25, 0.3) is 0 Å². The van der Waals surface area contributed by atoms with Crippen LogP contribution in [0.5, 0.6) is 0 Å². The van der Waals surface area contributed by atoms with E-state index in [4.69, 9.17) is 0 Å². The van der Waals surface area contributed by atoms with E-state index in [0.29, 0.717) is 0 Å². The zero-order chi connectivity index (χ0) is 13.7. The van der Waals surface area contributed by atoms with Crippen LogP contribution >= 0.6 is 27.7 Å². The molecule has 0 aliphatic rings. The number of benzene rings is 2. The lowest BCUT2D eigenvalue weighted by atomic mass is 10.0. The van der Waals surface area contributed by atoms with Crippen LogP contribution in [0.3, 0.4) is 0 Å². The van der Waals surface area contributed by atoms with Crippen LogP contribution in [0, 0.1) is 0 Å². The minimum absolute atomic E-state index is 0.270. The molecule has 0 aliphatic carbocycles. The quantitative estimate of drug-likeness (QED) is 0.488. The van der Waals surface area contributed by atoms with Crippen molar-refractivity contribution in [1.82, 2.24) is 0 Å². The van der Waals surface area contributed by atoms with E-state index in [1.165, 1.54) is 28.0 Å². The molecule has 0 aliphatic heterocycles. The summed E-state index contributed by atoms with van der Waals surface area (Å²) in [5.41, 5.74) is 4.09. The highest BCUT2D eigenvalue weighted by atomic mass is 79.9. The van der Waals surface area contributed by atoms with Crippen molar-refractivity contribution in [3.63, 3.8) is 0 Å². The third kappa shape index (κ3) is 3.64. The van der Waals surface area contributed by atoms with Gasteiger partial charge in [0.2, 0.25) is 0 Å². The van der Waals surface area contributed by atoms with Crippen LogP contribution in [0.15, 0.2) is 53.4 Å². The molecule has 2 rings (SSSR count). The van der Waals surface area contributed by atoms with Gasteiger partial charge in [-0.2, -0.15) is 0 Å². The number of halogens is 1. The molecule has 0 saturated carbocycles. The lowest BCUT2D eigenvalue weighted by molar-refractivity contribution is 0.920. The van der Waals surface area contributed by atoms with Crippen LogP contribution in [-0.4, -0.2) is 6.26 Å². The lowest BCUT2D eigenvalue weighted by Gasteiger charge is -2.14. The molecular weight excluding hydrogens is 316 g/mol. The zero-order valence-electron chi connectivity index (χ0n) is 11.4. The molecule has 2 aromatic rings. The van der Waals surface area contributed by atoms with E-state index in [1.54, 1.807) is 11.8 Å². The molecule has 0 aromatic heterocycles. The summed E-state index contributed by atoms with van der Waals surface area (Å²) in [7, 11) is 0. The highest BCUT2D eigenvalue weighted by molar-refractivity contribution is 9.09. The molecule has 0 N–H and O–H groups in total. The number of hydrogen-bond acceptors (Lipinski definition) is 1. The minimum atomic E-state index is 0.270. The largest absolute Gasteiger partial charge is 0.129 e. The molecule has 2 heteroatoms. The molecule has 2 aromatic carbocycles. The molecule has 1 unspecified atom stereocenters. The lowest BCUT2D eigenvalue weighted by Crippen LogP contribution is -1.95. The van der Waals surface area contributed by atoms with Gasteiger partial charge in [0.25, 0.3) is 0 Å². The molecule has 0 radical (unpaired) electrons. The summed E-state index contributed by atoms with van der Waals surface area (Å²) in [6.45, 7) is 2.22. The van der Waals surface area contributed by atoms with Gasteiger partial charge in [0.1, 0.15) is 0 Å². The minimum Gasteiger partial charge on any atom is -0.129 e. The molecule has 0 heterocycles. The highest BCUT2D eigenvalue weighted by Crippen LogP contribution is 2.36. The van der Waals surface area contributed by atoms with Gasteiger partial charge in [-0.05, 0) is 35.4 Å². The van der Waals surface area contributed by atoms with E-state index >= 15 is 0 Å². The van der Waals surface area contributed by atoms with Crippen LogP contribution in [0.4, 0.5) is 0 Å². The van der Waals surface area contributed by atoms with Crippen molar-refractivity contribution >= 4 is 27.7 Å². The summed E-state index contributed by atoms with van der Waals surface area (Å²) < 4.78 is 0. The first-order valence-electron chi connectivity index (χ1n) is 6.62. The Morgan fingerprint density at radius 1 is 1.05 bits per heavy atom. The first kappa shape index (κ1) is 14.7. The molecular formula is C17H19BrS. The van der Waals surface area contributed by atoms with Crippen molar-refractivity contribution in [2.24, 2.45) is 0 Å². The predicted molar refractivity (Wildman–Crippen MR) is 89.4 cm³/mol. The molecule has 19 heavy (non-hydrogen) atoms. The average molecular weight is 335 g/mol. The molecule has 0 saturated heterocycles. The van der Waals surface area contributed by atoms with E-state index < -0.39 is 0 Å². The molecule has 0 amide bonds. The van der Waals surface area contributed by atoms with E-state index in [0.717, 1.165) is 6.42 Å². The van der Waals surface area contributed by atoms with Gasteiger partial charge < -0.3 is 0 Å². The fourth-order valence-electron chi connectivity index (χ4n) is 2.20. The number of aryl methyl sites for hydroxylation is 1. The smallest absolute Gasteiger partial charge is 0.0655 e. The number of rotatable bonds is 5. The fraction of sp³-hybridized carbons (Fsp3) is 0.294. The topological polar surface area (TPSA) is 0 Å². The van der Waals surface area contributed by atoms with Gasteiger partial charge in [-0.15, -0.1) is 11.8 Å². The van der Waals surface area contributed by atoms with Gasteiger partial charge in [-0.1, -0.05) is 71.7 Å². The second kappa shape index (κ2) is 7.16. The predicted octanol–water partition coefficient (Wildman–Crippen LogP) is 5.85. The zero-order valence-corrected chi connectivity index (χ0v) is 13.8. The first-order chi connectivity index (χ1) is 9.26. The van der Waals surface area contributed by atoms with Gasteiger partial charge in [-0.25, -0.2) is 0 Å². The molecule has 0 bridgehead atoms. The summed E-state index contributed by atoms with van der Waals surface area (Å²) in [6.07, 6.45) is 4.49. The van der Waals surface area contributed by atoms with Gasteiger partial charge >= 0.3 is 0 Å². The summed E-state index contributed by atoms with van der Waals surface area (Å²) in [5.74, 6) is 0. The van der Waals surface area contributed by atoms with E-state index in [-0.39, 0.29) is 4.83 Å². The Bertz CT molecular complexity index is 519. The number of hydrogen-bond donors (Lipinski definition) is 0. The highest BCUT2D eigenvalue weighted by Gasteiger charge is 2.13. The Morgan fingerprint density at radius 3 is 2.37 bits per heavy atom. The number of alkyl halides is 1. The van der Waals surface area contributed by atoms with Crippen molar-refractivity contribution in [3.05, 3.63) is 65.2 Å². The second-order valence-corrected chi connectivity index (χ2v) is 6.36. The average Bonchev–Trinajstić information content (AvgIpc) is 2.47. The monoisotopic (exact) mass is 334 g/mol. The number of thioether (sulfide) groups is 1. The third-order valence-electron chi connectivity index (χ3n) is 3.22. The fourth-order valence-corrected chi connectivity index (χ4v) is 3.69. The van der Waals surface area contributed by atoms with Gasteiger partial charge in [0.15, 0.2) is 0 Å². The molecule has 100 valence electrons. The normalized spacial score (nSPS) is 12.4. The molecule has 1 atom stereocenters. The Hall–Kier alpha value is -0.730. The molecule has 0 nitrogen and oxygen atoms in total. The van der Waals surface area contributed by atoms with Crippen molar-refractivity contribution in [1.29, 1.82) is 0 Å². The van der Waals surface area contributed by atoms with Crippen molar-refractivity contribution in [3.8, 4) is 0 Å². The Kier molecular flexibility index (Phi) is 5.53. The van der Waals surface area contributed by atoms with Gasteiger partial charge in [0, 0.05) is 4.90 Å². The van der Waals surface area contributed by atoms with E-state index in [1.807, 2.05) is 0 Å². The SMILES string of the molecule is CCCc1ccc(C(Br)c2ccccc2SC)cc1. The summed E-state index contributed by atoms with van der Waals surface area (Å²) >= 11 is 5.64. The van der Waals surface area contributed by atoms with E-state index in [2.05, 4.69) is 77.6 Å². The molecule has 0 fully saturated rings.